The van der Waals surface area contributed by atoms with Crippen molar-refractivity contribution >= 4 is 5.97 Å². The van der Waals surface area contributed by atoms with E-state index in [4.69, 9.17) is 9.84 Å². The maximum atomic E-state index is 10.9. The van der Waals surface area contributed by atoms with Crippen LogP contribution in [0.2, 0.25) is 0 Å². The minimum Gasteiger partial charge on any atom is -0.492 e. The van der Waals surface area contributed by atoms with Gasteiger partial charge in [0.15, 0.2) is 0 Å². The Bertz CT molecular complexity index is 468. The third-order valence-corrected chi connectivity index (χ3v) is 3.68. The molecule has 0 bridgehead atoms. The molecule has 0 amide bonds. The molecule has 5 heteroatoms. The van der Waals surface area contributed by atoms with Crippen LogP contribution in [0.4, 0.5) is 0 Å². The first-order valence-electron chi connectivity index (χ1n) is 6.94. The molecule has 1 heterocycles. The summed E-state index contributed by atoms with van der Waals surface area (Å²) in [7, 11) is 2.14. The van der Waals surface area contributed by atoms with E-state index in [-0.39, 0.29) is 0 Å². The van der Waals surface area contributed by atoms with Gasteiger partial charge in [0.1, 0.15) is 12.4 Å². The Balaban J connectivity index is 1.81. The molecule has 1 aliphatic heterocycles. The molecule has 0 unspecified atom stereocenters. The van der Waals surface area contributed by atoms with Crippen LogP contribution in [0.3, 0.4) is 0 Å². The molecule has 0 radical (unpaired) electrons. The van der Waals surface area contributed by atoms with Gasteiger partial charge in [-0.3, -0.25) is 4.90 Å². The highest BCUT2D eigenvalue weighted by atomic mass is 16.5. The maximum absolute atomic E-state index is 10.9. The lowest BCUT2D eigenvalue weighted by atomic mass is 10.1. The molecule has 0 spiro atoms. The first-order valence-corrected chi connectivity index (χ1v) is 6.94. The molecule has 0 saturated carbocycles. The second-order valence-corrected chi connectivity index (χ2v) is 5.28. The minimum atomic E-state index is -0.905. The van der Waals surface area contributed by atoms with Gasteiger partial charge in [0.25, 0.3) is 0 Å². The summed E-state index contributed by atoms with van der Waals surface area (Å²) in [6.07, 6.45) is 0. The average Bonchev–Trinajstić information content (AvgIpc) is 2.42. The summed E-state index contributed by atoms with van der Waals surface area (Å²) in [4.78, 5) is 15.6. The number of hydrogen-bond donors (Lipinski definition) is 1. The van der Waals surface area contributed by atoms with Crippen molar-refractivity contribution in [1.82, 2.24) is 9.80 Å². The number of hydrogen-bond acceptors (Lipinski definition) is 4. The summed E-state index contributed by atoms with van der Waals surface area (Å²) < 4.78 is 5.75. The van der Waals surface area contributed by atoms with E-state index in [0.29, 0.717) is 12.2 Å². The van der Waals surface area contributed by atoms with Crippen molar-refractivity contribution in [3.05, 3.63) is 29.3 Å². The van der Waals surface area contributed by atoms with Crippen LogP contribution in [0.25, 0.3) is 0 Å². The average molecular weight is 278 g/mol. The van der Waals surface area contributed by atoms with Crippen LogP contribution in [0.1, 0.15) is 15.9 Å². The fourth-order valence-corrected chi connectivity index (χ4v) is 2.30. The van der Waals surface area contributed by atoms with E-state index in [9.17, 15) is 4.79 Å². The fourth-order valence-electron chi connectivity index (χ4n) is 2.30. The number of carboxylic acids is 1. The summed E-state index contributed by atoms with van der Waals surface area (Å²) in [6.45, 7) is 7.79. The quantitative estimate of drug-likeness (QED) is 0.880. The molecule has 5 nitrogen and oxygen atoms in total. The lowest BCUT2D eigenvalue weighted by molar-refractivity contribution is 0.0696. The number of aromatic carboxylic acids is 1. The second kappa shape index (κ2) is 6.72. The molecule has 1 saturated heterocycles. The number of nitrogens with zero attached hydrogens (tertiary/aromatic N) is 2. The number of likely N-dealkylation sites (N-methyl/N-ethyl adjacent to an activating group) is 1. The Morgan fingerprint density at radius 2 is 2.00 bits per heavy atom. The van der Waals surface area contributed by atoms with Gasteiger partial charge in [-0.2, -0.15) is 0 Å². The number of piperazine rings is 1. The van der Waals surface area contributed by atoms with Crippen LogP contribution in [0.5, 0.6) is 5.75 Å². The SMILES string of the molecule is Cc1cc(C(=O)O)ccc1OCCN1CCN(C)CC1. The highest BCUT2D eigenvalue weighted by Crippen LogP contribution is 2.19. The van der Waals surface area contributed by atoms with Gasteiger partial charge in [0, 0.05) is 32.7 Å². The van der Waals surface area contributed by atoms with Crippen molar-refractivity contribution < 1.29 is 14.6 Å². The monoisotopic (exact) mass is 278 g/mol. The Hall–Kier alpha value is -1.59. The summed E-state index contributed by atoms with van der Waals surface area (Å²) >= 11 is 0. The number of ether oxygens (including phenoxy) is 1. The minimum absolute atomic E-state index is 0.300. The maximum Gasteiger partial charge on any atom is 0.335 e. The zero-order valence-corrected chi connectivity index (χ0v) is 12.1. The number of carbonyl (C=O) groups is 1. The van der Waals surface area contributed by atoms with E-state index in [1.165, 1.54) is 0 Å². The molecule has 1 aliphatic rings. The number of carboxylic acid groups (broad SMARTS) is 1. The smallest absolute Gasteiger partial charge is 0.335 e. The number of benzene rings is 1. The Labute approximate surface area is 119 Å². The summed E-state index contributed by atoms with van der Waals surface area (Å²) in [5, 5.41) is 8.92. The van der Waals surface area contributed by atoms with E-state index in [0.717, 1.165) is 44.0 Å². The van der Waals surface area contributed by atoms with Gasteiger partial charge in [-0.15, -0.1) is 0 Å². The summed E-state index contributed by atoms with van der Waals surface area (Å²) in [6, 6.07) is 4.97. The molecule has 2 rings (SSSR count). The van der Waals surface area contributed by atoms with E-state index in [1.54, 1.807) is 18.2 Å². The van der Waals surface area contributed by atoms with Crippen LogP contribution in [-0.4, -0.2) is 67.3 Å². The zero-order valence-electron chi connectivity index (χ0n) is 12.1. The lowest BCUT2D eigenvalue weighted by Gasteiger charge is -2.32. The highest BCUT2D eigenvalue weighted by molar-refractivity contribution is 5.88. The van der Waals surface area contributed by atoms with Crippen molar-refractivity contribution in [3.63, 3.8) is 0 Å². The van der Waals surface area contributed by atoms with Crippen LogP contribution in [0.15, 0.2) is 18.2 Å². The van der Waals surface area contributed by atoms with E-state index in [1.807, 2.05) is 6.92 Å². The third kappa shape index (κ3) is 3.95. The van der Waals surface area contributed by atoms with Gasteiger partial charge in [-0.25, -0.2) is 4.79 Å². The van der Waals surface area contributed by atoms with Crippen molar-refractivity contribution in [1.29, 1.82) is 0 Å². The number of aryl methyl sites for hydroxylation is 1. The molecule has 110 valence electrons. The van der Waals surface area contributed by atoms with Gasteiger partial charge in [-0.1, -0.05) is 0 Å². The number of rotatable bonds is 5. The molecule has 1 aromatic rings. The summed E-state index contributed by atoms with van der Waals surface area (Å²) in [5.74, 6) is -0.138. The molecule has 1 fully saturated rings. The largest absolute Gasteiger partial charge is 0.492 e. The highest BCUT2D eigenvalue weighted by Gasteiger charge is 2.13. The van der Waals surface area contributed by atoms with Gasteiger partial charge in [0.05, 0.1) is 5.56 Å². The van der Waals surface area contributed by atoms with Crippen LogP contribution in [0, 0.1) is 6.92 Å². The predicted molar refractivity (Wildman–Crippen MR) is 77.6 cm³/mol. The topological polar surface area (TPSA) is 53.0 Å². The molecule has 0 atom stereocenters. The molecule has 1 aromatic carbocycles. The normalized spacial score (nSPS) is 17.1. The molecule has 1 N–H and O–H groups in total. The molecular formula is C15H22N2O3. The molecule has 0 aromatic heterocycles. The van der Waals surface area contributed by atoms with Crippen LogP contribution in [-0.2, 0) is 0 Å². The van der Waals surface area contributed by atoms with Crippen molar-refractivity contribution in [2.75, 3.05) is 46.4 Å². The van der Waals surface area contributed by atoms with Crippen LogP contribution >= 0.6 is 0 Å². The molecule has 0 aliphatic carbocycles. The Kier molecular flexibility index (Phi) is 4.98. The van der Waals surface area contributed by atoms with Gasteiger partial charge < -0.3 is 14.7 Å². The third-order valence-electron chi connectivity index (χ3n) is 3.68. The zero-order chi connectivity index (χ0) is 14.5. The van der Waals surface area contributed by atoms with Crippen molar-refractivity contribution in [2.24, 2.45) is 0 Å². The standard InChI is InChI=1S/C15H22N2O3/c1-12-11-13(15(18)19)3-4-14(12)20-10-9-17-7-5-16(2)6-8-17/h3-4,11H,5-10H2,1-2H3,(H,18,19). The van der Waals surface area contributed by atoms with Gasteiger partial charge in [-0.05, 0) is 37.7 Å². The Morgan fingerprint density at radius 3 is 2.60 bits per heavy atom. The fraction of sp³-hybridized carbons (Fsp3) is 0.533. The molecule has 20 heavy (non-hydrogen) atoms. The van der Waals surface area contributed by atoms with E-state index >= 15 is 0 Å². The lowest BCUT2D eigenvalue weighted by Crippen LogP contribution is -2.45. The van der Waals surface area contributed by atoms with Gasteiger partial charge >= 0.3 is 5.97 Å². The Morgan fingerprint density at radius 1 is 1.30 bits per heavy atom. The van der Waals surface area contributed by atoms with E-state index < -0.39 is 5.97 Å². The van der Waals surface area contributed by atoms with Crippen molar-refractivity contribution in [3.8, 4) is 5.75 Å². The predicted octanol–water partition coefficient (Wildman–Crippen LogP) is 1.32. The second-order valence-electron chi connectivity index (χ2n) is 5.28. The van der Waals surface area contributed by atoms with Crippen LogP contribution < -0.4 is 4.74 Å². The van der Waals surface area contributed by atoms with Gasteiger partial charge in [0.2, 0.25) is 0 Å². The first kappa shape index (κ1) is 14.8. The van der Waals surface area contributed by atoms with E-state index in [2.05, 4.69) is 16.8 Å². The molecular weight excluding hydrogens is 256 g/mol. The van der Waals surface area contributed by atoms with Crippen molar-refractivity contribution in [2.45, 2.75) is 6.92 Å². The first-order chi connectivity index (χ1) is 9.56. The summed E-state index contributed by atoms with van der Waals surface area (Å²) in [5.41, 5.74) is 1.16.